The Morgan fingerprint density at radius 1 is 0.920 bits per heavy atom. The van der Waals surface area contributed by atoms with Gasteiger partial charge in [0.2, 0.25) is 17.6 Å². The lowest BCUT2D eigenvalue weighted by Crippen LogP contribution is -2.64. The number of rotatable bonds is 14. The van der Waals surface area contributed by atoms with Gasteiger partial charge in [-0.3, -0.25) is 19.2 Å². The number of carbonyl (C=O) groups excluding carboxylic acids is 5. The largest absolute Gasteiger partial charge is 0.346 e. The zero-order chi connectivity index (χ0) is 37.7. The molecule has 0 aromatic carbocycles. The van der Waals surface area contributed by atoms with Crippen molar-refractivity contribution in [3.63, 3.8) is 0 Å². The molecule has 3 aliphatic rings. The van der Waals surface area contributed by atoms with Crippen molar-refractivity contribution in [2.45, 2.75) is 148 Å². The molecule has 12 nitrogen and oxygen atoms in total. The first kappa shape index (κ1) is 41.5. The molecule has 2 saturated carbocycles. The van der Waals surface area contributed by atoms with Gasteiger partial charge >= 0.3 is 6.03 Å². The summed E-state index contributed by atoms with van der Waals surface area (Å²) >= 11 is 0. The lowest BCUT2D eigenvalue weighted by atomic mass is 9.77. The fraction of sp³-hybridized carbons (Fsp3) is 0.811. The van der Waals surface area contributed by atoms with Crippen LogP contribution in [-0.4, -0.2) is 90.1 Å². The van der Waals surface area contributed by atoms with Gasteiger partial charge in [0, 0.05) is 13.1 Å². The maximum absolute atomic E-state index is 14.5. The van der Waals surface area contributed by atoms with E-state index in [1.54, 1.807) is 20.8 Å². The van der Waals surface area contributed by atoms with Gasteiger partial charge < -0.3 is 26.2 Å². The third-order valence-corrected chi connectivity index (χ3v) is 13.5. The number of nitrogens with zero attached hydrogens (tertiary/aromatic N) is 1. The van der Waals surface area contributed by atoms with Gasteiger partial charge in [0.1, 0.15) is 18.1 Å². The Hall–Kier alpha value is -2.96. The zero-order valence-electron chi connectivity index (χ0n) is 31.7. The summed E-state index contributed by atoms with van der Waals surface area (Å²) in [5.41, 5.74) is -1.73. The van der Waals surface area contributed by atoms with Crippen LogP contribution in [-0.2, 0) is 29.0 Å². The number of carbonyl (C=O) groups is 5. The van der Waals surface area contributed by atoms with Gasteiger partial charge in [-0.05, 0) is 82.5 Å². The molecule has 3 rings (SSSR count). The van der Waals surface area contributed by atoms with E-state index in [0.29, 0.717) is 45.1 Å². The van der Waals surface area contributed by atoms with Crippen LogP contribution in [0.3, 0.4) is 0 Å². The average molecular weight is 722 g/mol. The number of ketones is 1. The third-order valence-electron chi connectivity index (χ3n) is 10.7. The van der Waals surface area contributed by atoms with Crippen molar-refractivity contribution in [3.05, 3.63) is 12.7 Å². The van der Waals surface area contributed by atoms with Crippen molar-refractivity contribution in [2.75, 3.05) is 18.8 Å². The number of likely N-dealkylation sites (tertiary alicyclic amines) is 1. The molecule has 3 fully saturated rings. The Bertz CT molecular complexity index is 1370. The Kier molecular flexibility index (Phi) is 13.8. The van der Waals surface area contributed by atoms with E-state index in [2.05, 4.69) is 41.7 Å². The number of hydrogen-bond donors (Lipinski definition) is 4. The average Bonchev–Trinajstić information content (AvgIpc) is 3.38. The molecule has 1 saturated heterocycles. The van der Waals surface area contributed by atoms with E-state index < -0.39 is 73.2 Å². The summed E-state index contributed by atoms with van der Waals surface area (Å²) in [5.74, 6) is -2.71. The van der Waals surface area contributed by atoms with Crippen LogP contribution in [0.25, 0.3) is 0 Å². The summed E-state index contributed by atoms with van der Waals surface area (Å²) in [5, 5.41) is 11.3. The Labute approximate surface area is 300 Å². The van der Waals surface area contributed by atoms with Crippen molar-refractivity contribution in [2.24, 2.45) is 23.2 Å². The minimum absolute atomic E-state index is 0.125. The summed E-state index contributed by atoms with van der Waals surface area (Å²) < 4.78 is 25.7. The molecule has 0 radical (unpaired) electrons. The zero-order valence-corrected chi connectivity index (χ0v) is 32.5. The second kappa shape index (κ2) is 16.6. The van der Waals surface area contributed by atoms with Gasteiger partial charge in [0.05, 0.1) is 16.0 Å². The van der Waals surface area contributed by atoms with Crippen LogP contribution in [0, 0.1) is 23.2 Å². The normalized spacial score (nSPS) is 22.5. The molecular weight excluding hydrogens is 659 g/mol. The topological polar surface area (TPSA) is 171 Å². The summed E-state index contributed by atoms with van der Waals surface area (Å²) in [6.45, 7) is 18.6. The monoisotopic (exact) mass is 721 g/mol. The van der Waals surface area contributed by atoms with E-state index in [1.807, 2.05) is 20.8 Å². The van der Waals surface area contributed by atoms with Gasteiger partial charge in [0.25, 0.3) is 5.91 Å². The molecule has 1 heterocycles. The van der Waals surface area contributed by atoms with E-state index in [0.717, 1.165) is 25.7 Å². The number of sulfone groups is 1. The fourth-order valence-corrected chi connectivity index (χ4v) is 8.97. The predicted molar refractivity (Wildman–Crippen MR) is 195 cm³/mol. The first-order valence-corrected chi connectivity index (χ1v) is 20.1. The minimum atomic E-state index is -3.57. The van der Waals surface area contributed by atoms with Crippen molar-refractivity contribution in [3.8, 4) is 0 Å². The van der Waals surface area contributed by atoms with Gasteiger partial charge in [-0.15, -0.1) is 6.58 Å². The van der Waals surface area contributed by atoms with Gasteiger partial charge in [0.15, 0.2) is 9.84 Å². The highest BCUT2D eigenvalue weighted by Crippen LogP contribution is 2.36. The van der Waals surface area contributed by atoms with Crippen molar-refractivity contribution in [1.82, 2.24) is 26.2 Å². The molecule has 0 aromatic rings. The smallest absolute Gasteiger partial charge is 0.315 e. The summed E-state index contributed by atoms with van der Waals surface area (Å²) in [6, 6.07) is -3.56. The molecular formula is C37H63N5O7S. The fourth-order valence-electron chi connectivity index (χ4n) is 7.45. The first-order valence-electron chi connectivity index (χ1n) is 18.5. The van der Waals surface area contributed by atoms with E-state index in [9.17, 15) is 32.4 Å². The molecule has 0 spiro atoms. The molecule has 4 atom stereocenters. The highest BCUT2D eigenvalue weighted by Gasteiger charge is 2.49. The Morgan fingerprint density at radius 3 is 2.04 bits per heavy atom. The van der Waals surface area contributed by atoms with E-state index in [4.69, 9.17) is 0 Å². The van der Waals surface area contributed by atoms with Crippen LogP contribution >= 0.6 is 0 Å². The minimum Gasteiger partial charge on any atom is -0.346 e. The van der Waals surface area contributed by atoms with Crippen LogP contribution in [0.1, 0.15) is 120 Å². The number of nitrogens with one attached hydrogen (secondary N) is 4. The van der Waals surface area contributed by atoms with Gasteiger partial charge in [-0.2, -0.15) is 0 Å². The molecule has 0 unspecified atom stereocenters. The number of Topliss-reactive ketones (excluding diaryl/α,β-unsaturated/α-hetero) is 1. The molecule has 0 aromatic heterocycles. The van der Waals surface area contributed by atoms with Crippen molar-refractivity contribution in [1.29, 1.82) is 0 Å². The van der Waals surface area contributed by atoms with E-state index in [1.165, 1.54) is 11.0 Å². The second-order valence-electron chi connectivity index (χ2n) is 17.3. The second-order valence-corrected chi connectivity index (χ2v) is 20.0. The summed E-state index contributed by atoms with van der Waals surface area (Å²) in [4.78, 5) is 70.0. The van der Waals surface area contributed by atoms with Crippen LogP contribution in [0.5, 0.6) is 0 Å². The Morgan fingerprint density at radius 2 is 1.54 bits per heavy atom. The number of urea groups is 1. The van der Waals surface area contributed by atoms with Crippen molar-refractivity contribution >= 4 is 39.4 Å². The molecule has 0 bridgehead atoms. The molecule has 284 valence electrons. The summed E-state index contributed by atoms with van der Waals surface area (Å²) in [7, 11) is -3.57. The highest BCUT2D eigenvalue weighted by atomic mass is 32.2. The van der Waals surface area contributed by atoms with Crippen LogP contribution in [0.2, 0.25) is 0 Å². The van der Waals surface area contributed by atoms with Gasteiger partial charge in [-0.1, -0.05) is 66.4 Å². The molecule has 13 heteroatoms. The number of amides is 5. The first-order chi connectivity index (χ1) is 23.1. The molecule has 1 aliphatic heterocycles. The molecule has 4 N–H and O–H groups in total. The van der Waals surface area contributed by atoms with Crippen LogP contribution in [0.15, 0.2) is 12.7 Å². The maximum atomic E-state index is 14.5. The third kappa shape index (κ3) is 10.3. The highest BCUT2D eigenvalue weighted by molar-refractivity contribution is 7.92. The SMILES string of the molecule is C=CCNC(=O)C(=O)[C@@H](NC(=O)[C@@H]1[C@@H](CC(C)C)CCN1C(=O)[C@@H](NC(=O)NC1(CS(=O)(=O)C(C)(C)C)CCCCC1)C(C)(C)C)C1CCC1. The quantitative estimate of drug-likeness (QED) is 0.155. The maximum Gasteiger partial charge on any atom is 0.315 e. The van der Waals surface area contributed by atoms with Crippen LogP contribution in [0.4, 0.5) is 4.79 Å². The lowest BCUT2D eigenvalue weighted by Gasteiger charge is -2.41. The van der Waals surface area contributed by atoms with Crippen LogP contribution < -0.4 is 21.3 Å². The molecule has 50 heavy (non-hydrogen) atoms. The predicted octanol–water partition coefficient (Wildman–Crippen LogP) is 4.04. The standard InChI is InChI=1S/C37H63N5O7S/c1-10-20-38-32(45)29(43)27(25-15-14-16-25)39-31(44)28-26(22-24(2)3)17-21-42(28)33(46)30(35(4,5)6)40-34(47)41-37(18-12-11-13-19-37)23-50(48,49)36(7,8)9/h10,24-28,30H,1,11-23H2,2-9H3,(H,38,45)(H,39,44)(H2,40,41,47)/t26-,27+,28+,30-/m1/s1. The van der Waals surface area contributed by atoms with E-state index in [-0.39, 0.29) is 30.1 Å². The Balaban J connectivity index is 1.88. The summed E-state index contributed by atoms with van der Waals surface area (Å²) in [6.07, 6.45) is 8.57. The van der Waals surface area contributed by atoms with Crippen molar-refractivity contribution < 1.29 is 32.4 Å². The molecule has 2 aliphatic carbocycles. The van der Waals surface area contributed by atoms with Gasteiger partial charge in [-0.25, -0.2) is 13.2 Å². The number of hydrogen-bond acceptors (Lipinski definition) is 7. The van der Waals surface area contributed by atoms with E-state index >= 15 is 0 Å². The molecule has 5 amide bonds. The lowest BCUT2D eigenvalue weighted by molar-refractivity contribution is -0.145.